The van der Waals surface area contributed by atoms with Crippen LogP contribution in [0.15, 0.2) is 58.5 Å². The van der Waals surface area contributed by atoms with Crippen molar-refractivity contribution in [1.82, 2.24) is 9.55 Å². The molecule has 0 radical (unpaired) electrons. The first-order valence-electron chi connectivity index (χ1n) is 9.20. The Morgan fingerprint density at radius 2 is 1.75 bits per heavy atom. The Kier molecular flexibility index (Phi) is 5.61. The number of nitrogens with one attached hydrogen (secondary N) is 1. The molecule has 1 unspecified atom stereocenters. The maximum atomic E-state index is 12.6. The zero-order valence-electron chi connectivity index (χ0n) is 16.8. The van der Waals surface area contributed by atoms with Crippen molar-refractivity contribution >= 4 is 34.3 Å². The maximum Gasteiger partial charge on any atom is 0.261 e. The molecule has 1 aromatic heterocycles. The van der Waals surface area contributed by atoms with E-state index in [1.54, 1.807) is 13.1 Å². The molecule has 0 saturated carbocycles. The lowest BCUT2D eigenvalue weighted by atomic mass is 9.87. The molecule has 0 fully saturated rings. The van der Waals surface area contributed by atoms with Crippen LogP contribution in [0.3, 0.4) is 0 Å². The van der Waals surface area contributed by atoms with Gasteiger partial charge in [0.25, 0.3) is 5.56 Å². The number of hydrogen-bond donors (Lipinski definition) is 1. The predicted molar refractivity (Wildman–Crippen MR) is 116 cm³/mol. The summed E-state index contributed by atoms with van der Waals surface area (Å²) in [5.74, 6) is -0.129. The summed E-state index contributed by atoms with van der Waals surface area (Å²) in [6, 6.07) is 15.1. The van der Waals surface area contributed by atoms with Gasteiger partial charge in [-0.2, -0.15) is 0 Å². The average Bonchev–Trinajstić information content (AvgIpc) is 2.65. The standard InChI is InChI=1S/C22H25N3O2S/c1-14(19(26)23-16-12-10-15(11-13-16)22(2,3)4)28-21-24-18-9-7-6-8-17(18)20(27)25(21)5/h6-14H,1-5H3,(H,23,26). The van der Waals surface area contributed by atoms with Crippen molar-refractivity contribution in [2.24, 2.45) is 7.05 Å². The third kappa shape index (κ3) is 4.28. The molecule has 0 aliphatic carbocycles. The molecule has 28 heavy (non-hydrogen) atoms. The lowest BCUT2D eigenvalue weighted by molar-refractivity contribution is -0.115. The molecule has 2 aromatic carbocycles. The summed E-state index contributed by atoms with van der Waals surface area (Å²) in [6.45, 7) is 8.27. The predicted octanol–water partition coefficient (Wildman–Crippen LogP) is 4.35. The molecule has 0 bridgehead atoms. The molecular formula is C22H25N3O2S. The SMILES string of the molecule is CC(Sc1nc2ccccc2c(=O)n1C)C(=O)Nc1ccc(C(C)(C)C)cc1. The van der Waals surface area contributed by atoms with Gasteiger partial charge >= 0.3 is 0 Å². The third-order valence-electron chi connectivity index (χ3n) is 4.61. The van der Waals surface area contributed by atoms with Crippen molar-refractivity contribution in [3.8, 4) is 0 Å². The van der Waals surface area contributed by atoms with Gasteiger partial charge in [0.1, 0.15) is 0 Å². The minimum absolute atomic E-state index is 0.0677. The summed E-state index contributed by atoms with van der Waals surface area (Å²) in [7, 11) is 1.68. The molecule has 0 saturated heterocycles. The number of anilines is 1. The average molecular weight is 396 g/mol. The fraction of sp³-hybridized carbons (Fsp3) is 0.318. The second-order valence-corrected chi connectivity index (χ2v) is 9.16. The molecule has 3 rings (SSSR count). The quantitative estimate of drug-likeness (QED) is 0.527. The van der Waals surface area contributed by atoms with Crippen LogP contribution in [0.2, 0.25) is 0 Å². The van der Waals surface area contributed by atoms with Gasteiger partial charge in [-0.05, 0) is 42.2 Å². The largest absolute Gasteiger partial charge is 0.325 e. The highest BCUT2D eigenvalue weighted by atomic mass is 32.2. The topological polar surface area (TPSA) is 64.0 Å². The van der Waals surface area contributed by atoms with Gasteiger partial charge in [0.2, 0.25) is 5.91 Å². The van der Waals surface area contributed by atoms with Crippen molar-refractivity contribution < 1.29 is 4.79 Å². The van der Waals surface area contributed by atoms with E-state index in [-0.39, 0.29) is 16.9 Å². The Hall–Kier alpha value is -2.60. The van der Waals surface area contributed by atoms with Gasteiger partial charge < -0.3 is 5.32 Å². The lowest BCUT2D eigenvalue weighted by Crippen LogP contribution is -2.25. The molecule has 0 aliphatic rings. The fourth-order valence-corrected chi connectivity index (χ4v) is 3.69. The summed E-state index contributed by atoms with van der Waals surface area (Å²) >= 11 is 1.27. The van der Waals surface area contributed by atoms with E-state index in [0.29, 0.717) is 16.1 Å². The summed E-state index contributed by atoms with van der Waals surface area (Å²) < 4.78 is 1.49. The minimum Gasteiger partial charge on any atom is -0.325 e. The van der Waals surface area contributed by atoms with Crippen molar-refractivity contribution in [3.63, 3.8) is 0 Å². The number of carbonyl (C=O) groups excluding carboxylic acids is 1. The smallest absolute Gasteiger partial charge is 0.261 e. The fourth-order valence-electron chi connectivity index (χ4n) is 2.81. The van der Waals surface area contributed by atoms with Crippen LogP contribution in [0, 0.1) is 0 Å². The van der Waals surface area contributed by atoms with E-state index < -0.39 is 5.25 Å². The molecule has 1 heterocycles. The molecule has 3 aromatic rings. The Morgan fingerprint density at radius 1 is 1.11 bits per heavy atom. The first-order valence-corrected chi connectivity index (χ1v) is 10.1. The number of amides is 1. The number of benzene rings is 2. The third-order valence-corrected chi connectivity index (χ3v) is 5.76. The minimum atomic E-state index is -0.401. The van der Waals surface area contributed by atoms with E-state index in [1.807, 2.05) is 49.4 Å². The van der Waals surface area contributed by atoms with Crippen molar-refractivity contribution in [3.05, 3.63) is 64.4 Å². The van der Waals surface area contributed by atoms with Gasteiger partial charge in [0, 0.05) is 12.7 Å². The van der Waals surface area contributed by atoms with Gasteiger partial charge in [-0.25, -0.2) is 4.98 Å². The van der Waals surface area contributed by atoms with Crippen LogP contribution in [0.25, 0.3) is 10.9 Å². The molecule has 146 valence electrons. The van der Waals surface area contributed by atoms with Crippen LogP contribution in [-0.4, -0.2) is 20.7 Å². The second-order valence-electron chi connectivity index (χ2n) is 7.85. The zero-order chi connectivity index (χ0) is 20.5. The number of nitrogens with zero attached hydrogens (tertiary/aromatic N) is 2. The summed E-state index contributed by atoms with van der Waals surface area (Å²) in [5, 5.41) is 3.63. The van der Waals surface area contributed by atoms with Crippen LogP contribution in [0.1, 0.15) is 33.3 Å². The Morgan fingerprint density at radius 3 is 2.39 bits per heavy atom. The summed E-state index contributed by atoms with van der Waals surface area (Å²) in [4.78, 5) is 29.7. The van der Waals surface area contributed by atoms with E-state index in [4.69, 9.17) is 0 Å². The number of aromatic nitrogens is 2. The first kappa shape index (κ1) is 20.1. The number of para-hydroxylation sites is 1. The van der Waals surface area contributed by atoms with Crippen LogP contribution >= 0.6 is 11.8 Å². The molecule has 0 spiro atoms. The van der Waals surface area contributed by atoms with E-state index in [2.05, 4.69) is 31.1 Å². The molecule has 0 aliphatic heterocycles. The van der Waals surface area contributed by atoms with E-state index in [1.165, 1.54) is 21.9 Å². The highest BCUT2D eigenvalue weighted by Gasteiger charge is 2.19. The Labute approximate surface area is 169 Å². The maximum absolute atomic E-state index is 12.6. The van der Waals surface area contributed by atoms with Gasteiger partial charge in [-0.15, -0.1) is 0 Å². The molecule has 5 nitrogen and oxygen atoms in total. The molecular weight excluding hydrogens is 370 g/mol. The number of carbonyl (C=O) groups is 1. The number of rotatable bonds is 4. The highest BCUT2D eigenvalue weighted by molar-refractivity contribution is 8.00. The van der Waals surface area contributed by atoms with Gasteiger partial charge in [0.15, 0.2) is 5.16 Å². The monoisotopic (exact) mass is 395 g/mol. The first-order chi connectivity index (χ1) is 13.2. The van der Waals surface area contributed by atoms with Crippen LogP contribution in [0.5, 0.6) is 0 Å². The lowest BCUT2D eigenvalue weighted by Gasteiger charge is -2.19. The number of thioether (sulfide) groups is 1. The van der Waals surface area contributed by atoms with Crippen molar-refractivity contribution in [2.75, 3.05) is 5.32 Å². The van der Waals surface area contributed by atoms with Gasteiger partial charge in [-0.1, -0.05) is 56.8 Å². The number of fused-ring (bicyclic) bond motifs is 1. The number of hydrogen-bond acceptors (Lipinski definition) is 4. The Balaban J connectivity index is 1.75. The van der Waals surface area contributed by atoms with Gasteiger partial charge in [0.05, 0.1) is 16.2 Å². The van der Waals surface area contributed by atoms with Gasteiger partial charge in [-0.3, -0.25) is 14.2 Å². The summed E-state index contributed by atoms with van der Waals surface area (Å²) in [6.07, 6.45) is 0. The van der Waals surface area contributed by atoms with Crippen LogP contribution in [0.4, 0.5) is 5.69 Å². The van der Waals surface area contributed by atoms with E-state index in [9.17, 15) is 9.59 Å². The zero-order valence-corrected chi connectivity index (χ0v) is 17.6. The summed E-state index contributed by atoms with van der Waals surface area (Å²) in [5.41, 5.74) is 2.56. The molecule has 1 atom stereocenters. The molecule has 6 heteroatoms. The molecule has 1 N–H and O–H groups in total. The second kappa shape index (κ2) is 7.80. The van der Waals surface area contributed by atoms with Crippen LogP contribution in [-0.2, 0) is 17.3 Å². The van der Waals surface area contributed by atoms with Crippen molar-refractivity contribution in [1.29, 1.82) is 0 Å². The van der Waals surface area contributed by atoms with E-state index >= 15 is 0 Å². The van der Waals surface area contributed by atoms with Crippen molar-refractivity contribution in [2.45, 2.75) is 43.5 Å². The highest BCUT2D eigenvalue weighted by Crippen LogP contribution is 2.25. The Bertz CT molecular complexity index is 1070. The van der Waals surface area contributed by atoms with Crippen LogP contribution < -0.4 is 10.9 Å². The van der Waals surface area contributed by atoms with E-state index in [0.717, 1.165) is 5.69 Å². The normalized spacial score (nSPS) is 12.8. The molecule has 1 amide bonds.